The molecule has 0 bridgehead atoms. The predicted molar refractivity (Wildman–Crippen MR) is 90.6 cm³/mol. The molecule has 0 aliphatic heterocycles. The first-order chi connectivity index (χ1) is 11.0. The van der Waals surface area contributed by atoms with Gasteiger partial charge in [-0.2, -0.15) is 0 Å². The lowest BCUT2D eigenvalue weighted by Gasteiger charge is -2.11. The summed E-state index contributed by atoms with van der Waals surface area (Å²) in [5.41, 5.74) is 2.98. The largest absolute Gasteiger partial charge is 0.477 e. The summed E-state index contributed by atoms with van der Waals surface area (Å²) in [4.78, 5) is 20.9. The number of halogens is 2. The number of rotatable bonds is 4. The van der Waals surface area contributed by atoms with Gasteiger partial charge in [-0.25, -0.2) is 9.78 Å². The molecule has 0 spiro atoms. The van der Waals surface area contributed by atoms with E-state index in [-0.39, 0.29) is 12.2 Å². The zero-order valence-corrected chi connectivity index (χ0v) is 14.3. The second-order valence-electron chi connectivity index (χ2n) is 4.86. The number of aromatic carboxylic acids is 1. The van der Waals surface area contributed by atoms with Crippen LogP contribution in [0.25, 0.3) is 10.7 Å². The molecule has 2 heterocycles. The number of thiazole rings is 1. The third kappa shape index (κ3) is 3.10. The van der Waals surface area contributed by atoms with Gasteiger partial charge in [0.15, 0.2) is 11.5 Å². The summed E-state index contributed by atoms with van der Waals surface area (Å²) < 4.78 is 1.63. The monoisotopic (exact) mass is 367 g/mol. The summed E-state index contributed by atoms with van der Waals surface area (Å²) in [6.07, 6.45) is 1.66. The maximum absolute atomic E-state index is 11.6. The highest BCUT2D eigenvalue weighted by atomic mass is 35.5. The van der Waals surface area contributed by atoms with Crippen LogP contribution in [-0.4, -0.2) is 25.6 Å². The van der Waals surface area contributed by atoms with Gasteiger partial charge in [0, 0.05) is 16.2 Å². The Morgan fingerprint density at radius 2 is 2.17 bits per heavy atom. The number of carbonyl (C=O) groups is 1. The molecule has 0 saturated heterocycles. The molecule has 0 unspecified atom stereocenters. The van der Waals surface area contributed by atoms with Gasteiger partial charge in [-0.1, -0.05) is 23.2 Å². The van der Waals surface area contributed by atoms with Gasteiger partial charge in [0.05, 0.1) is 22.6 Å². The van der Waals surface area contributed by atoms with E-state index in [9.17, 15) is 9.90 Å². The van der Waals surface area contributed by atoms with E-state index in [0.717, 1.165) is 10.4 Å². The van der Waals surface area contributed by atoms with Gasteiger partial charge >= 0.3 is 5.97 Å². The fourth-order valence-electron chi connectivity index (χ4n) is 2.35. The van der Waals surface area contributed by atoms with Gasteiger partial charge in [-0.05, 0) is 30.7 Å². The van der Waals surface area contributed by atoms with E-state index < -0.39 is 5.97 Å². The number of carboxylic acid groups (broad SMARTS) is 1. The molecule has 0 radical (unpaired) electrons. The fraction of sp³-hybridized carbons (Fsp3) is 0.133. The molecule has 3 rings (SSSR count). The quantitative estimate of drug-likeness (QED) is 0.743. The van der Waals surface area contributed by atoms with Crippen molar-refractivity contribution < 1.29 is 9.90 Å². The van der Waals surface area contributed by atoms with Crippen LogP contribution in [0.4, 0.5) is 0 Å². The lowest BCUT2D eigenvalue weighted by Crippen LogP contribution is -2.12. The van der Waals surface area contributed by atoms with Crippen LogP contribution in [0.5, 0.6) is 0 Å². The van der Waals surface area contributed by atoms with Crippen molar-refractivity contribution in [1.82, 2.24) is 14.5 Å². The average molecular weight is 368 g/mol. The summed E-state index contributed by atoms with van der Waals surface area (Å²) >= 11 is 13.6. The van der Waals surface area contributed by atoms with E-state index >= 15 is 0 Å². The van der Waals surface area contributed by atoms with Crippen molar-refractivity contribution >= 4 is 40.5 Å². The van der Waals surface area contributed by atoms with Gasteiger partial charge in [0.2, 0.25) is 0 Å². The number of hydrogen-bond donors (Lipinski definition) is 1. The zero-order valence-electron chi connectivity index (χ0n) is 12.0. The molecular weight excluding hydrogens is 357 g/mol. The van der Waals surface area contributed by atoms with Crippen molar-refractivity contribution in [2.45, 2.75) is 13.5 Å². The zero-order chi connectivity index (χ0) is 16.6. The summed E-state index contributed by atoms with van der Waals surface area (Å²) in [6, 6.07) is 5.10. The molecule has 1 N–H and O–H groups in total. The minimum atomic E-state index is -1.04. The Balaban J connectivity index is 2.16. The molecular formula is C15H11Cl2N3O2S. The van der Waals surface area contributed by atoms with Crippen LogP contribution in [0.3, 0.4) is 0 Å². The third-order valence-electron chi connectivity index (χ3n) is 3.33. The van der Waals surface area contributed by atoms with Crippen molar-refractivity contribution in [2.75, 3.05) is 0 Å². The van der Waals surface area contributed by atoms with Crippen molar-refractivity contribution in [1.29, 1.82) is 0 Å². The minimum Gasteiger partial charge on any atom is -0.477 e. The SMILES string of the molecule is Cc1nc(-c2cncs2)n(Cc2cc(Cl)ccc2Cl)c1C(=O)O. The number of benzene rings is 1. The van der Waals surface area contributed by atoms with Crippen LogP contribution in [0.2, 0.25) is 10.0 Å². The van der Waals surface area contributed by atoms with Gasteiger partial charge in [-0.3, -0.25) is 4.98 Å². The Labute approximate surface area is 146 Å². The van der Waals surface area contributed by atoms with Crippen LogP contribution in [-0.2, 0) is 6.54 Å². The molecule has 0 fully saturated rings. The van der Waals surface area contributed by atoms with Crippen molar-refractivity contribution in [3.63, 3.8) is 0 Å². The van der Waals surface area contributed by atoms with Gasteiger partial charge < -0.3 is 9.67 Å². The summed E-state index contributed by atoms with van der Waals surface area (Å²) in [7, 11) is 0. The molecule has 23 heavy (non-hydrogen) atoms. The molecule has 0 amide bonds. The number of hydrogen-bond acceptors (Lipinski definition) is 4. The highest BCUT2D eigenvalue weighted by molar-refractivity contribution is 7.13. The fourth-order valence-corrected chi connectivity index (χ4v) is 3.34. The van der Waals surface area contributed by atoms with Gasteiger partial charge in [0.25, 0.3) is 0 Å². The second kappa shape index (κ2) is 6.31. The summed E-state index contributed by atoms with van der Waals surface area (Å²) in [5.74, 6) is -0.484. The maximum atomic E-state index is 11.6. The molecule has 118 valence electrons. The number of aromatic nitrogens is 3. The smallest absolute Gasteiger partial charge is 0.354 e. The van der Waals surface area contributed by atoms with Crippen LogP contribution < -0.4 is 0 Å². The van der Waals surface area contributed by atoms with E-state index in [2.05, 4.69) is 9.97 Å². The second-order valence-corrected chi connectivity index (χ2v) is 6.59. The number of nitrogens with zero attached hydrogens (tertiary/aromatic N) is 3. The van der Waals surface area contributed by atoms with E-state index in [1.54, 1.807) is 41.4 Å². The van der Waals surface area contributed by atoms with E-state index in [1.807, 2.05) is 0 Å². The summed E-state index contributed by atoms with van der Waals surface area (Å²) in [5, 5.41) is 10.6. The van der Waals surface area contributed by atoms with Crippen LogP contribution >= 0.6 is 34.5 Å². The average Bonchev–Trinajstić information content (AvgIpc) is 3.10. The first-order valence-electron chi connectivity index (χ1n) is 6.60. The highest BCUT2D eigenvalue weighted by Gasteiger charge is 2.22. The Morgan fingerprint density at radius 3 is 2.83 bits per heavy atom. The lowest BCUT2D eigenvalue weighted by molar-refractivity contribution is 0.0685. The molecule has 0 aliphatic rings. The van der Waals surface area contributed by atoms with Crippen molar-refractivity contribution in [2.24, 2.45) is 0 Å². The molecule has 2 aromatic heterocycles. The van der Waals surface area contributed by atoms with E-state index in [4.69, 9.17) is 23.2 Å². The Hall–Kier alpha value is -1.89. The lowest BCUT2D eigenvalue weighted by atomic mass is 10.2. The molecule has 0 aliphatic carbocycles. The highest BCUT2D eigenvalue weighted by Crippen LogP contribution is 2.29. The molecule has 8 heteroatoms. The molecule has 1 aromatic carbocycles. The van der Waals surface area contributed by atoms with Gasteiger partial charge in [0.1, 0.15) is 0 Å². The standard InChI is InChI=1S/C15H11Cl2N3O2S/c1-8-13(15(21)22)20(14(19-8)12-5-18-7-23-12)6-9-4-10(16)2-3-11(9)17/h2-5,7H,6H2,1H3,(H,21,22). The molecule has 5 nitrogen and oxygen atoms in total. The Morgan fingerprint density at radius 1 is 1.39 bits per heavy atom. The third-order valence-corrected chi connectivity index (χ3v) is 4.71. The normalized spacial score (nSPS) is 10.9. The van der Waals surface area contributed by atoms with E-state index in [0.29, 0.717) is 21.6 Å². The van der Waals surface area contributed by atoms with Gasteiger partial charge in [-0.15, -0.1) is 11.3 Å². The Kier molecular flexibility index (Phi) is 4.39. The van der Waals surface area contributed by atoms with Crippen molar-refractivity contribution in [3.8, 4) is 10.7 Å². The number of imidazole rings is 1. The molecule has 0 saturated carbocycles. The Bertz CT molecular complexity index is 875. The van der Waals surface area contributed by atoms with Crippen LogP contribution in [0, 0.1) is 6.92 Å². The minimum absolute atomic E-state index is 0.129. The van der Waals surface area contributed by atoms with Crippen molar-refractivity contribution in [3.05, 3.63) is 56.9 Å². The number of carboxylic acids is 1. The van der Waals surface area contributed by atoms with E-state index in [1.165, 1.54) is 11.3 Å². The maximum Gasteiger partial charge on any atom is 0.354 e. The summed E-state index contributed by atoms with van der Waals surface area (Å²) in [6.45, 7) is 1.93. The molecule has 3 aromatic rings. The predicted octanol–water partition coefficient (Wildman–Crippen LogP) is 4.37. The first-order valence-corrected chi connectivity index (χ1v) is 8.24. The molecule has 0 atom stereocenters. The topological polar surface area (TPSA) is 68.0 Å². The number of aryl methyl sites for hydroxylation is 1. The first kappa shape index (κ1) is 16.0. The van der Waals surface area contributed by atoms with Crippen LogP contribution in [0.1, 0.15) is 21.7 Å². The van der Waals surface area contributed by atoms with Crippen LogP contribution in [0.15, 0.2) is 29.9 Å².